The molecule has 2 aliphatic heterocycles. The summed E-state index contributed by atoms with van der Waals surface area (Å²) in [6.45, 7) is 4.38. The number of hydrogen-bond donors (Lipinski definition) is 1. The standard InChI is InChI=1S/C26H32N8O/c1-2-21(27-11-18-3-4-18)14-33(9-1)22-7-8-25(28-13-22)26(16-35-17-26)34-15-24(31-32-34)23-10-20(12-29-30-23)19-5-6-19/h7-8,10,12-13,15,18-19,21,27H,1-6,9,11,14,16-17H2/t21-/m1/s1. The highest BCUT2D eigenvalue weighted by Gasteiger charge is 2.45. The molecule has 9 heteroatoms. The van der Waals surface area contributed by atoms with E-state index < -0.39 is 5.54 Å². The second kappa shape index (κ2) is 8.64. The van der Waals surface area contributed by atoms with Crippen molar-refractivity contribution < 1.29 is 4.74 Å². The summed E-state index contributed by atoms with van der Waals surface area (Å²) < 4.78 is 7.56. The van der Waals surface area contributed by atoms with Gasteiger partial charge in [-0.05, 0) is 80.7 Å². The average molecular weight is 473 g/mol. The minimum Gasteiger partial charge on any atom is -0.375 e. The molecular weight excluding hydrogens is 440 g/mol. The Morgan fingerprint density at radius 3 is 2.69 bits per heavy atom. The Morgan fingerprint density at radius 2 is 1.94 bits per heavy atom. The van der Waals surface area contributed by atoms with Gasteiger partial charge >= 0.3 is 0 Å². The molecule has 0 amide bonds. The van der Waals surface area contributed by atoms with E-state index in [0.717, 1.165) is 36.1 Å². The summed E-state index contributed by atoms with van der Waals surface area (Å²) >= 11 is 0. The molecule has 9 nitrogen and oxygen atoms in total. The van der Waals surface area contributed by atoms with E-state index in [0.29, 0.717) is 25.2 Å². The number of pyridine rings is 1. The highest BCUT2D eigenvalue weighted by atomic mass is 16.5. The lowest BCUT2D eigenvalue weighted by Gasteiger charge is -2.40. The van der Waals surface area contributed by atoms with Crippen LogP contribution >= 0.6 is 0 Å². The largest absolute Gasteiger partial charge is 0.375 e. The second-order valence-electron chi connectivity index (χ2n) is 10.8. The Hall–Kier alpha value is -2.91. The zero-order valence-corrected chi connectivity index (χ0v) is 20.0. The Morgan fingerprint density at radius 1 is 1.03 bits per heavy atom. The van der Waals surface area contributed by atoms with Gasteiger partial charge in [-0.1, -0.05) is 5.21 Å². The lowest BCUT2D eigenvalue weighted by atomic mass is 9.92. The van der Waals surface area contributed by atoms with Gasteiger partial charge in [-0.15, -0.1) is 10.2 Å². The Balaban J connectivity index is 1.08. The molecule has 35 heavy (non-hydrogen) atoms. The van der Waals surface area contributed by atoms with Crippen LogP contribution in [0.3, 0.4) is 0 Å². The third-order valence-corrected chi connectivity index (χ3v) is 8.00. The number of aromatic nitrogens is 6. The molecular formula is C26H32N8O. The van der Waals surface area contributed by atoms with Crippen LogP contribution in [0.4, 0.5) is 5.69 Å². The van der Waals surface area contributed by atoms with E-state index in [9.17, 15) is 0 Å². The van der Waals surface area contributed by atoms with Crippen molar-refractivity contribution in [3.63, 3.8) is 0 Å². The van der Waals surface area contributed by atoms with Crippen molar-refractivity contribution in [2.45, 2.75) is 56.0 Å². The number of anilines is 1. The number of rotatable bonds is 8. The summed E-state index contributed by atoms with van der Waals surface area (Å²) in [5.74, 6) is 1.54. The zero-order valence-electron chi connectivity index (χ0n) is 20.0. The van der Waals surface area contributed by atoms with Crippen molar-refractivity contribution in [2.75, 3.05) is 37.7 Å². The van der Waals surface area contributed by atoms with E-state index in [2.05, 4.69) is 48.9 Å². The molecule has 0 spiro atoms. The van der Waals surface area contributed by atoms with Gasteiger partial charge < -0.3 is 15.0 Å². The first-order valence-corrected chi connectivity index (χ1v) is 13.1. The maximum Gasteiger partial charge on any atom is 0.152 e. The van der Waals surface area contributed by atoms with Gasteiger partial charge in [0.1, 0.15) is 11.4 Å². The van der Waals surface area contributed by atoms with Gasteiger partial charge in [0.05, 0.1) is 43.2 Å². The molecule has 182 valence electrons. The van der Waals surface area contributed by atoms with Gasteiger partial charge in [0.2, 0.25) is 0 Å². The topological polar surface area (TPSA) is 93.9 Å². The van der Waals surface area contributed by atoms with Crippen molar-refractivity contribution in [1.82, 2.24) is 35.5 Å². The highest BCUT2D eigenvalue weighted by molar-refractivity contribution is 5.53. The molecule has 0 unspecified atom stereocenters. The van der Waals surface area contributed by atoms with E-state index in [-0.39, 0.29) is 0 Å². The van der Waals surface area contributed by atoms with Crippen molar-refractivity contribution >= 4 is 5.69 Å². The summed E-state index contributed by atoms with van der Waals surface area (Å²) in [7, 11) is 0. The summed E-state index contributed by atoms with van der Waals surface area (Å²) in [5, 5.41) is 21.2. The van der Waals surface area contributed by atoms with Crippen molar-refractivity contribution in [3.8, 4) is 11.4 Å². The third kappa shape index (κ3) is 4.21. The summed E-state index contributed by atoms with van der Waals surface area (Å²) in [5.41, 5.74) is 4.47. The molecule has 4 fully saturated rings. The lowest BCUT2D eigenvalue weighted by Crippen LogP contribution is -2.53. The number of nitrogens with zero attached hydrogens (tertiary/aromatic N) is 7. The van der Waals surface area contributed by atoms with Crippen molar-refractivity contribution in [3.05, 3.63) is 48.0 Å². The number of hydrogen-bond acceptors (Lipinski definition) is 8. The third-order valence-electron chi connectivity index (χ3n) is 8.00. The maximum atomic E-state index is 5.66. The van der Waals surface area contributed by atoms with Crippen LogP contribution in [-0.2, 0) is 10.3 Å². The fraction of sp³-hybridized carbons (Fsp3) is 0.577. The molecule has 2 saturated carbocycles. The zero-order chi connectivity index (χ0) is 23.2. The van der Waals surface area contributed by atoms with Crippen LogP contribution in [0.25, 0.3) is 11.4 Å². The molecule has 1 atom stereocenters. The van der Waals surface area contributed by atoms with Crippen LogP contribution in [0.5, 0.6) is 0 Å². The van der Waals surface area contributed by atoms with Crippen LogP contribution in [0.15, 0.2) is 36.8 Å². The molecule has 1 N–H and O–H groups in total. The average Bonchev–Trinajstić information content (AvgIpc) is 3.82. The molecule has 4 aliphatic rings. The van der Waals surface area contributed by atoms with Gasteiger partial charge in [0.25, 0.3) is 0 Å². The summed E-state index contributed by atoms with van der Waals surface area (Å²) in [6, 6.07) is 7.01. The minimum absolute atomic E-state index is 0.429. The summed E-state index contributed by atoms with van der Waals surface area (Å²) in [4.78, 5) is 7.37. The van der Waals surface area contributed by atoms with Gasteiger partial charge in [0.15, 0.2) is 5.54 Å². The van der Waals surface area contributed by atoms with Crippen LogP contribution in [0, 0.1) is 5.92 Å². The highest BCUT2D eigenvalue weighted by Crippen LogP contribution is 2.40. The van der Waals surface area contributed by atoms with Gasteiger partial charge in [-0.2, -0.15) is 5.10 Å². The van der Waals surface area contributed by atoms with E-state index in [1.165, 1.54) is 56.3 Å². The maximum absolute atomic E-state index is 5.66. The normalized spacial score (nSPS) is 23.8. The first kappa shape index (κ1) is 21.4. The minimum atomic E-state index is -0.429. The van der Waals surface area contributed by atoms with E-state index in [1.54, 1.807) is 0 Å². The van der Waals surface area contributed by atoms with E-state index in [4.69, 9.17) is 9.72 Å². The number of piperidine rings is 1. The molecule has 3 aromatic heterocycles. The molecule has 7 rings (SSSR count). The first-order valence-electron chi connectivity index (χ1n) is 13.1. The van der Waals surface area contributed by atoms with Crippen LogP contribution in [0.1, 0.15) is 55.7 Å². The lowest BCUT2D eigenvalue weighted by molar-refractivity contribution is -0.0851. The molecule has 3 aromatic rings. The summed E-state index contributed by atoms with van der Waals surface area (Å²) in [6.07, 6.45) is 13.6. The molecule has 5 heterocycles. The molecule has 0 radical (unpaired) electrons. The number of ether oxygens (including phenoxy) is 1. The fourth-order valence-electron chi connectivity index (χ4n) is 5.31. The monoisotopic (exact) mass is 472 g/mol. The predicted octanol–water partition coefficient (Wildman–Crippen LogP) is 2.75. The SMILES string of the molecule is c1nnc(-c2cn(C3(c4ccc(N5CCC[C@@H](NCC6CC6)C5)cn4)COC3)nn2)cc1C1CC1. The van der Waals surface area contributed by atoms with Crippen molar-refractivity contribution in [2.24, 2.45) is 5.92 Å². The van der Waals surface area contributed by atoms with Gasteiger partial charge in [-0.3, -0.25) is 4.98 Å². The predicted molar refractivity (Wildman–Crippen MR) is 131 cm³/mol. The number of nitrogens with one attached hydrogen (secondary N) is 1. The van der Waals surface area contributed by atoms with E-state index >= 15 is 0 Å². The molecule has 2 saturated heterocycles. The smallest absolute Gasteiger partial charge is 0.152 e. The Labute approximate surface area is 205 Å². The van der Waals surface area contributed by atoms with Gasteiger partial charge in [-0.25, -0.2) is 4.68 Å². The fourth-order valence-corrected chi connectivity index (χ4v) is 5.31. The van der Waals surface area contributed by atoms with E-state index in [1.807, 2.05) is 23.3 Å². The Bertz CT molecular complexity index is 1180. The Kier molecular flexibility index (Phi) is 5.28. The van der Waals surface area contributed by atoms with Crippen LogP contribution < -0.4 is 10.2 Å². The molecule has 0 aromatic carbocycles. The molecule has 0 bridgehead atoms. The second-order valence-corrected chi connectivity index (χ2v) is 10.8. The first-order chi connectivity index (χ1) is 17.3. The quantitative estimate of drug-likeness (QED) is 0.535. The van der Waals surface area contributed by atoms with Crippen molar-refractivity contribution in [1.29, 1.82) is 0 Å². The molecule has 2 aliphatic carbocycles. The van der Waals surface area contributed by atoms with Gasteiger partial charge in [0, 0.05) is 19.1 Å². The van der Waals surface area contributed by atoms with Crippen LogP contribution in [-0.4, -0.2) is 69.1 Å². The van der Waals surface area contributed by atoms with Crippen LogP contribution in [0.2, 0.25) is 0 Å².